The Morgan fingerprint density at radius 3 is 2.59 bits per heavy atom. The van der Waals surface area contributed by atoms with Gasteiger partial charge in [-0.25, -0.2) is 0 Å². The molecule has 7 nitrogen and oxygen atoms in total. The minimum absolute atomic E-state index is 0.0771. The predicted octanol–water partition coefficient (Wildman–Crippen LogP) is 5.28. The number of aromatic amines is 1. The van der Waals surface area contributed by atoms with Gasteiger partial charge in [0, 0.05) is 48.0 Å². The molecule has 7 rings (SSSR count). The van der Waals surface area contributed by atoms with Crippen molar-refractivity contribution in [1.82, 2.24) is 20.4 Å². The Morgan fingerprint density at radius 1 is 1.05 bits per heavy atom. The summed E-state index contributed by atoms with van der Waals surface area (Å²) in [4.78, 5) is 15.5. The van der Waals surface area contributed by atoms with Crippen LogP contribution in [0.1, 0.15) is 53.1 Å². The van der Waals surface area contributed by atoms with Crippen molar-refractivity contribution in [3.05, 3.63) is 83.4 Å². The van der Waals surface area contributed by atoms with E-state index in [0.29, 0.717) is 30.1 Å². The molecule has 2 aliphatic heterocycles. The van der Waals surface area contributed by atoms with Crippen LogP contribution in [0, 0.1) is 0 Å². The first-order valence-electron chi connectivity index (χ1n) is 14.0. The van der Waals surface area contributed by atoms with Gasteiger partial charge in [-0.1, -0.05) is 24.3 Å². The fraction of sp³-hybridized carbons (Fsp3) is 0.375. The third-order valence-corrected chi connectivity index (χ3v) is 8.61. The number of hydrogen-bond acceptors (Lipinski definition) is 5. The molecular weight excluding hydrogens is 488 g/mol. The summed E-state index contributed by atoms with van der Waals surface area (Å²) < 4.78 is 12.1. The summed E-state index contributed by atoms with van der Waals surface area (Å²) in [5.41, 5.74) is 5.92. The highest BCUT2D eigenvalue weighted by Crippen LogP contribution is 2.41. The number of likely N-dealkylation sites (N-methyl/N-ethyl adjacent to an activating group) is 1. The smallest absolute Gasteiger partial charge is 0.251 e. The number of piperidine rings is 1. The van der Waals surface area contributed by atoms with Gasteiger partial charge >= 0.3 is 0 Å². The van der Waals surface area contributed by atoms with Crippen molar-refractivity contribution in [3.8, 4) is 17.0 Å². The minimum Gasteiger partial charge on any atom is -0.490 e. The minimum atomic E-state index is -0.0771. The maximum Gasteiger partial charge on any atom is 0.251 e. The predicted molar refractivity (Wildman–Crippen MR) is 151 cm³/mol. The van der Waals surface area contributed by atoms with Crippen LogP contribution in [0.3, 0.4) is 0 Å². The summed E-state index contributed by atoms with van der Waals surface area (Å²) in [6, 6.07) is 23.1. The van der Waals surface area contributed by atoms with Crippen molar-refractivity contribution in [1.29, 1.82) is 0 Å². The third kappa shape index (κ3) is 4.92. The highest BCUT2D eigenvalue weighted by molar-refractivity contribution is 6.01. The zero-order valence-corrected chi connectivity index (χ0v) is 22.2. The Bertz CT molecular complexity index is 1480. The number of hydrogen-bond donors (Lipinski definition) is 2. The largest absolute Gasteiger partial charge is 0.490 e. The number of carbonyl (C=O) groups excluding carboxylic acids is 1. The van der Waals surface area contributed by atoms with Gasteiger partial charge in [-0.05, 0) is 79.4 Å². The first kappa shape index (κ1) is 24.4. The number of nitrogens with one attached hydrogen (secondary N) is 2. The molecule has 1 aliphatic carbocycles. The fourth-order valence-corrected chi connectivity index (χ4v) is 6.17. The zero-order chi connectivity index (χ0) is 26.3. The highest BCUT2D eigenvalue weighted by Gasteiger charge is 2.37. The summed E-state index contributed by atoms with van der Waals surface area (Å²) >= 11 is 0. The summed E-state index contributed by atoms with van der Waals surface area (Å²) in [6.07, 6.45) is 4.65. The number of amides is 1. The fourth-order valence-electron chi connectivity index (χ4n) is 6.17. The lowest BCUT2D eigenvalue weighted by Crippen LogP contribution is -2.57. The Morgan fingerprint density at radius 2 is 1.82 bits per heavy atom. The van der Waals surface area contributed by atoms with Gasteiger partial charge in [-0.15, -0.1) is 0 Å². The highest BCUT2D eigenvalue weighted by atomic mass is 16.5. The molecule has 0 radical (unpaired) electrons. The molecule has 2 saturated heterocycles. The van der Waals surface area contributed by atoms with Gasteiger partial charge in [0.1, 0.15) is 11.9 Å². The molecule has 7 heteroatoms. The molecule has 4 aromatic rings. The first-order chi connectivity index (χ1) is 19.1. The molecule has 1 saturated carbocycles. The van der Waals surface area contributed by atoms with Crippen molar-refractivity contribution in [2.75, 3.05) is 20.3 Å². The van der Waals surface area contributed by atoms with Crippen LogP contribution in [0.25, 0.3) is 22.2 Å². The van der Waals surface area contributed by atoms with Crippen LogP contribution in [0.2, 0.25) is 0 Å². The van der Waals surface area contributed by atoms with Crippen LogP contribution in [0.4, 0.5) is 0 Å². The summed E-state index contributed by atoms with van der Waals surface area (Å²) in [7, 11) is 2.19. The van der Waals surface area contributed by atoms with Crippen molar-refractivity contribution in [2.24, 2.45) is 0 Å². The van der Waals surface area contributed by atoms with E-state index >= 15 is 0 Å². The maximum atomic E-state index is 13.1. The number of carbonyl (C=O) groups is 1. The second kappa shape index (κ2) is 10.1. The van der Waals surface area contributed by atoms with Crippen molar-refractivity contribution in [2.45, 2.75) is 56.3 Å². The Labute approximate surface area is 228 Å². The van der Waals surface area contributed by atoms with Gasteiger partial charge in [0.25, 0.3) is 5.91 Å². The van der Waals surface area contributed by atoms with Crippen LogP contribution in [-0.4, -0.2) is 59.5 Å². The molecule has 200 valence electrons. The molecular formula is C32H34N4O3. The van der Waals surface area contributed by atoms with Crippen molar-refractivity contribution in [3.63, 3.8) is 0 Å². The number of aromatic nitrogens is 2. The molecule has 3 fully saturated rings. The molecule has 0 spiro atoms. The van der Waals surface area contributed by atoms with E-state index in [2.05, 4.69) is 45.7 Å². The van der Waals surface area contributed by atoms with Crippen LogP contribution < -0.4 is 10.1 Å². The number of benzene rings is 3. The number of rotatable bonds is 7. The van der Waals surface area contributed by atoms with Gasteiger partial charge < -0.3 is 14.8 Å². The van der Waals surface area contributed by atoms with Crippen LogP contribution in [0.15, 0.2) is 66.7 Å². The number of H-pyrrole nitrogens is 1. The normalized spacial score (nSPS) is 23.1. The molecule has 3 atom stereocenters. The Hall–Kier alpha value is -3.68. The molecule has 39 heavy (non-hydrogen) atoms. The van der Waals surface area contributed by atoms with Crippen molar-refractivity contribution < 1.29 is 14.3 Å². The lowest BCUT2D eigenvalue weighted by molar-refractivity contribution is -0.0879. The van der Waals surface area contributed by atoms with E-state index in [-0.39, 0.29) is 12.0 Å². The first-order valence-corrected chi connectivity index (χ1v) is 14.0. The third-order valence-electron chi connectivity index (χ3n) is 8.61. The topological polar surface area (TPSA) is 79.5 Å². The average Bonchev–Trinajstić information content (AvgIpc) is 3.71. The van der Waals surface area contributed by atoms with Gasteiger partial charge in [0.2, 0.25) is 0 Å². The van der Waals surface area contributed by atoms with Crippen LogP contribution in [0.5, 0.6) is 5.75 Å². The molecule has 3 aromatic carbocycles. The molecule has 0 unspecified atom stereocenters. The second-order valence-electron chi connectivity index (χ2n) is 11.2. The Kier molecular flexibility index (Phi) is 6.33. The summed E-state index contributed by atoms with van der Waals surface area (Å²) in [6.45, 7) is 2.10. The van der Waals surface area contributed by atoms with E-state index in [4.69, 9.17) is 9.47 Å². The average molecular weight is 523 g/mol. The number of fused-ring (bicyclic) bond motifs is 3. The molecule has 1 aromatic heterocycles. The molecule has 3 aliphatic rings. The van der Waals surface area contributed by atoms with E-state index in [1.165, 1.54) is 24.0 Å². The van der Waals surface area contributed by atoms with Gasteiger partial charge in [0.05, 0.1) is 24.4 Å². The van der Waals surface area contributed by atoms with E-state index in [1.54, 1.807) is 0 Å². The van der Waals surface area contributed by atoms with Crippen LogP contribution >= 0.6 is 0 Å². The van der Waals surface area contributed by atoms with Gasteiger partial charge in [-0.2, -0.15) is 5.10 Å². The molecule has 1 amide bonds. The number of ether oxygens (including phenoxy) is 2. The Balaban J connectivity index is 1.05. The molecule has 3 heterocycles. The second-order valence-corrected chi connectivity index (χ2v) is 11.2. The monoisotopic (exact) mass is 522 g/mol. The zero-order valence-electron chi connectivity index (χ0n) is 22.2. The molecule has 2 N–H and O–H groups in total. The maximum absolute atomic E-state index is 13.1. The van der Waals surface area contributed by atoms with E-state index < -0.39 is 0 Å². The summed E-state index contributed by atoms with van der Waals surface area (Å²) in [5.74, 6) is 1.45. The quantitative estimate of drug-likeness (QED) is 0.345. The van der Waals surface area contributed by atoms with Crippen LogP contribution in [-0.2, 0) is 11.3 Å². The van der Waals surface area contributed by atoms with E-state index in [9.17, 15) is 4.79 Å². The lowest BCUT2D eigenvalue weighted by Gasteiger charge is -2.46. The molecule has 2 bridgehead atoms. The van der Waals surface area contributed by atoms with E-state index in [1.807, 2.05) is 48.5 Å². The van der Waals surface area contributed by atoms with Crippen molar-refractivity contribution >= 4 is 16.8 Å². The standard InChI is InChI=1S/C32H34N4O3/c1-36-24-15-27(16-25(36)19-38-18-24)39-26-11-8-21(9-12-26)31-29-14-22(10-13-30(29)34-35-31)32(37)33-17-23-4-2-3-5-28(23)20-6-7-20/h2-5,8-14,20,24-25,27H,6-7,15-19H2,1H3,(H,33,37)(H,34,35)/t24-,25+,27-. The lowest BCUT2D eigenvalue weighted by atomic mass is 9.92. The van der Waals surface area contributed by atoms with Gasteiger partial charge in [-0.3, -0.25) is 14.8 Å². The number of nitrogens with zero attached hydrogens (tertiary/aromatic N) is 2. The van der Waals surface area contributed by atoms with Gasteiger partial charge in [0.15, 0.2) is 0 Å². The van der Waals surface area contributed by atoms with E-state index in [0.717, 1.165) is 54.0 Å². The SMILES string of the molecule is CN1[C@@H]2COC[C@H]1C[C@@H](Oc1ccc(-c3n[nH]c4ccc(C(=O)NCc5ccccc5C5CC5)cc34)cc1)C2. The summed E-state index contributed by atoms with van der Waals surface area (Å²) in [5, 5.41) is 11.7. The number of morpholine rings is 1.